The molecule has 3 heteroatoms. The number of hydrogen-bond acceptors (Lipinski definition) is 1. The molecule has 0 radical (unpaired) electrons. The summed E-state index contributed by atoms with van der Waals surface area (Å²) in [6, 6.07) is 13.7. The van der Waals surface area contributed by atoms with Crippen molar-refractivity contribution in [3.63, 3.8) is 0 Å². The van der Waals surface area contributed by atoms with Gasteiger partial charge < -0.3 is 4.74 Å². The number of hydrogen-bond donors (Lipinski definition) is 0. The van der Waals surface area contributed by atoms with Crippen LogP contribution in [0.1, 0.15) is 49.7 Å². The number of ether oxygens (including phenoxy) is 1. The predicted molar refractivity (Wildman–Crippen MR) is 113 cm³/mol. The van der Waals surface area contributed by atoms with Crippen LogP contribution < -0.4 is 0 Å². The molecule has 24 heavy (non-hydrogen) atoms. The summed E-state index contributed by atoms with van der Waals surface area (Å²) in [5.74, 6) is 0. The molecular weight excluding hydrogens is 324 g/mol. The second-order valence-corrected chi connectivity index (χ2v) is 14.9. The van der Waals surface area contributed by atoms with E-state index in [0.29, 0.717) is 6.10 Å². The van der Waals surface area contributed by atoms with Gasteiger partial charge in [0, 0.05) is 24.0 Å². The Balaban J connectivity index is 1.52. The van der Waals surface area contributed by atoms with Crippen molar-refractivity contribution in [2.24, 2.45) is 0 Å². The lowest BCUT2D eigenvalue weighted by atomic mass is 10.1. The number of rotatable bonds is 13. The summed E-state index contributed by atoms with van der Waals surface area (Å²) in [5.41, 5.74) is 3.05. The van der Waals surface area contributed by atoms with E-state index in [1.165, 1.54) is 56.2 Å². The Bertz CT molecular complexity index is 457. The average Bonchev–Trinajstić information content (AvgIpc) is 3.34. The largest absolute Gasteiger partial charge is 0.373 e. The van der Waals surface area contributed by atoms with Gasteiger partial charge in [-0.1, -0.05) is 100 Å². The van der Waals surface area contributed by atoms with Crippen LogP contribution in [0.5, 0.6) is 0 Å². The molecule has 0 bridgehead atoms. The van der Waals surface area contributed by atoms with Gasteiger partial charge in [-0.2, -0.15) is 0 Å². The highest BCUT2D eigenvalue weighted by Crippen LogP contribution is 2.18. The Morgan fingerprint density at radius 1 is 0.917 bits per heavy atom. The number of benzene rings is 1. The molecule has 1 heterocycles. The Hall–Kier alpha value is -0.386. The standard InChI is InChI=1S/C21H38OSi2/c1-23(2)13-8-6-4-5-7-9-14-24(3)18-20-12-10-11-19(15-20)16-21-17-22-21/h10-12,15,21,23-24H,4-9,13-14,16-18H2,1-3H3. The van der Waals surface area contributed by atoms with Crippen molar-refractivity contribution >= 4 is 17.6 Å². The zero-order valence-corrected chi connectivity index (χ0v) is 18.5. The van der Waals surface area contributed by atoms with E-state index in [-0.39, 0.29) is 8.80 Å². The molecular formula is C21H38OSi2. The van der Waals surface area contributed by atoms with Crippen LogP contribution >= 0.6 is 0 Å². The summed E-state index contributed by atoms with van der Waals surface area (Å²) >= 11 is 0. The molecule has 1 saturated heterocycles. The Morgan fingerprint density at radius 3 is 2.21 bits per heavy atom. The zero-order valence-electron chi connectivity index (χ0n) is 16.2. The van der Waals surface area contributed by atoms with Crippen LogP contribution in [0, 0.1) is 0 Å². The second-order valence-electron chi connectivity index (χ2n) is 8.38. The first-order valence-corrected chi connectivity index (χ1v) is 16.2. The minimum Gasteiger partial charge on any atom is -0.373 e. The van der Waals surface area contributed by atoms with Crippen LogP contribution in [0.2, 0.25) is 31.7 Å². The molecule has 2 unspecified atom stereocenters. The third-order valence-electron chi connectivity index (χ3n) is 5.17. The fraction of sp³-hybridized carbons (Fsp3) is 0.714. The van der Waals surface area contributed by atoms with E-state index < -0.39 is 8.80 Å². The van der Waals surface area contributed by atoms with Crippen LogP contribution in [0.25, 0.3) is 0 Å². The van der Waals surface area contributed by atoms with Crippen LogP contribution in [0.4, 0.5) is 0 Å². The zero-order chi connectivity index (χ0) is 17.2. The molecule has 1 aliphatic heterocycles. The van der Waals surface area contributed by atoms with Crippen molar-refractivity contribution in [2.45, 2.75) is 88.8 Å². The molecule has 0 N–H and O–H groups in total. The molecule has 136 valence electrons. The van der Waals surface area contributed by atoms with Gasteiger partial charge >= 0.3 is 0 Å². The molecule has 2 rings (SSSR count). The van der Waals surface area contributed by atoms with Gasteiger partial charge in [-0.3, -0.25) is 0 Å². The van der Waals surface area contributed by atoms with Crippen molar-refractivity contribution in [3.05, 3.63) is 35.4 Å². The number of epoxide rings is 1. The van der Waals surface area contributed by atoms with Crippen molar-refractivity contribution in [1.82, 2.24) is 0 Å². The van der Waals surface area contributed by atoms with E-state index in [1.807, 2.05) is 0 Å². The maximum absolute atomic E-state index is 5.36. The molecule has 0 aliphatic carbocycles. The van der Waals surface area contributed by atoms with E-state index in [2.05, 4.69) is 43.9 Å². The first-order valence-electron chi connectivity index (χ1n) is 10.3. The number of unbranched alkanes of at least 4 members (excludes halogenated alkanes) is 5. The second kappa shape index (κ2) is 11.3. The van der Waals surface area contributed by atoms with E-state index in [1.54, 1.807) is 11.6 Å². The van der Waals surface area contributed by atoms with Gasteiger partial charge in [-0.25, -0.2) is 0 Å². The van der Waals surface area contributed by atoms with Crippen molar-refractivity contribution in [3.8, 4) is 0 Å². The lowest BCUT2D eigenvalue weighted by Crippen LogP contribution is -2.11. The van der Waals surface area contributed by atoms with E-state index >= 15 is 0 Å². The highest BCUT2D eigenvalue weighted by molar-refractivity contribution is 6.56. The van der Waals surface area contributed by atoms with E-state index in [0.717, 1.165) is 13.0 Å². The quantitative estimate of drug-likeness (QED) is 0.260. The van der Waals surface area contributed by atoms with Gasteiger partial charge in [0.25, 0.3) is 0 Å². The van der Waals surface area contributed by atoms with Gasteiger partial charge in [0.05, 0.1) is 12.7 Å². The lowest BCUT2D eigenvalue weighted by Gasteiger charge is -2.11. The third kappa shape index (κ3) is 9.19. The first kappa shape index (κ1) is 19.9. The van der Waals surface area contributed by atoms with Crippen LogP contribution in [-0.2, 0) is 17.2 Å². The van der Waals surface area contributed by atoms with E-state index in [4.69, 9.17) is 4.74 Å². The first-order chi connectivity index (χ1) is 11.6. The highest BCUT2D eigenvalue weighted by Gasteiger charge is 2.22. The fourth-order valence-corrected chi connectivity index (χ4v) is 6.94. The van der Waals surface area contributed by atoms with Gasteiger partial charge in [-0.15, -0.1) is 0 Å². The van der Waals surface area contributed by atoms with Crippen LogP contribution in [0.15, 0.2) is 24.3 Å². The fourth-order valence-electron chi connectivity index (χ4n) is 3.59. The van der Waals surface area contributed by atoms with Gasteiger partial charge in [0.2, 0.25) is 0 Å². The maximum Gasteiger partial charge on any atom is 0.0850 e. The monoisotopic (exact) mass is 362 g/mol. The molecule has 1 aromatic rings. The van der Waals surface area contributed by atoms with Crippen LogP contribution in [0.3, 0.4) is 0 Å². The molecule has 0 saturated carbocycles. The minimum absolute atomic E-state index is 0.293. The molecule has 0 amide bonds. The molecule has 1 aromatic carbocycles. The summed E-state index contributed by atoms with van der Waals surface area (Å²) in [6.07, 6.45) is 10.5. The van der Waals surface area contributed by atoms with Crippen molar-refractivity contribution < 1.29 is 4.74 Å². The Labute approximate surface area is 153 Å². The summed E-state index contributed by atoms with van der Waals surface area (Å²) in [7, 11) is -0.867. The molecule has 1 nitrogen and oxygen atoms in total. The Morgan fingerprint density at radius 2 is 1.54 bits per heavy atom. The topological polar surface area (TPSA) is 12.5 Å². The molecule has 1 aliphatic rings. The molecule has 2 atom stereocenters. The minimum atomic E-state index is -0.574. The molecule has 1 fully saturated rings. The average molecular weight is 363 g/mol. The van der Waals surface area contributed by atoms with Crippen LogP contribution in [-0.4, -0.2) is 30.3 Å². The van der Waals surface area contributed by atoms with Crippen molar-refractivity contribution in [2.75, 3.05) is 6.61 Å². The third-order valence-corrected chi connectivity index (χ3v) is 9.29. The van der Waals surface area contributed by atoms with E-state index in [9.17, 15) is 0 Å². The summed E-state index contributed by atoms with van der Waals surface area (Å²) < 4.78 is 5.36. The normalized spacial score (nSPS) is 18.1. The predicted octanol–water partition coefficient (Wildman–Crippen LogP) is 5.39. The molecule has 0 aromatic heterocycles. The summed E-state index contributed by atoms with van der Waals surface area (Å²) in [4.78, 5) is 0. The lowest BCUT2D eigenvalue weighted by molar-refractivity contribution is 0.407. The van der Waals surface area contributed by atoms with Gasteiger partial charge in [0.15, 0.2) is 0 Å². The highest BCUT2D eigenvalue weighted by atomic mass is 28.3. The Kier molecular flexibility index (Phi) is 9.36. The molecule has 0 spiro atoms. The summed E-state index contributed by atoms with van der Waals surface area (Å²) in [6.45, 7) is 8.47. The smallest absolute Gasteiger partial charge is 0.0850 e. The van der Waals surface area contributed by atoms with Crippen molar-refractivity contribution in [1.29, 1.82) is 0 Å². The van der Waals surface area contributed by atoms with Gasteiger partial charge in [0.1, 0.15) is 0 Å². The van der Waals surface area contributed by atoms with Gasteiger partial charge in [-0.05, 0) is 11.6 Å². The summed E-state index contributed by atoms with van der Waals surface area (Å²) in [5, 5.41) is 0. The SMILES string of the molecule is C[SiH](C)CCCCCCCC[SiH](C)Cc1cccc(CC2CO2)c1. The maximum atomic E-state index is 5.36.